The lowest BCUT2D eigenvalue weighted by atomic mass is 9.93. The minimum atomic E-state index is 0.322. The molecule has 3 aromatic rings. The maximum Gasteiger partial charge on any atom is 0.0482 e. The largest absolute Gasteiger partial charge is 0.378 e. The van der Waals surface area contributed by atoms with Crippen LogP contribution in [0.15, 0.2) is 103 Å². The number of nitrogens with one attached hydrogen (secondary N) is 1. The lowest BCUT2D eigenvalue weighted by Crippen LogP contribution is -2.18. The van der Waals surface area contributed by atoms with Gasteiger partial charge in [0.15, 0.2) is 0 Å². The fourth-order valence-electron chi connectivity index (χ4n) is 3.88. The summed E-state index contributed by atoms with van der Waals surface area (Å²) in [5.74, 6) is 0. The molecule has 0 radical (unpaired) electrons. The topological polar surface area (TPSA) is 12.0 Å². The lowest BCUT2D eigenvalue weighted by molar-refractivity contribution is 0.876. The van der Waals surface area contributed by atoms with E-state index in [0.29, 0.717) is 6.04 Å². The second kappa shape index (κ2) is 9.00. The minimum absolute atomic E-state index is 0.322. The Bertz CT molecular complexity index is 1100. The highest BCUT2D eigenvalue weighted by molar-refractivity contribution is 5.82. The molecule has 0 heterocycles. The van der Waals surface area contributed by atoms with Crippen molar-refractivity contribution in [2.75, 3.05) is 5.32 Å². The number of rotatable bonds is 5. The zero-order chi connectivity index (χ0) is 20.9. The summed E-state index contributed by atoms with van der Waals surface area (Å²) in [4.78, 5) is 0. The molecule has 30 heavy (non-hydrogen) atoms. The van der Waals surface area contributed by atoms with Gasteiger partial charge in [0.25, 0.3) is 0 Å². The molecule has 0 bridgehead atoms. The van der Waals surface area contributed by atoms with Crippen LogP contribution in [0.25, 0.3) is 5.57 Å². The molecule has 0 spiro atoms. The molecule has 1 aliphatic carbocycles. The monoisotopic (exact) mass is 391 g/mol. The van der Waals surface area contributed by atoms with Gasteiger partial charge in [-0.25, -0.2) is 0 Å². The predicted molar refractivity (Wildman–Crippen MR) is 130 cm³/mol. The summed E-state index contributed by atoms with van der Waals surface area (Å²) >= 11 is 0. The van der Waals surface area contributed by atoms with Gasteiger partial charge < -0.3 is 5.32 Å². The number of allylic oxidation sites excluding steroid dienone is 3. The van der Waals surface area contributed by atoms with E-state index in [4.69, 9.17) is 0 Å². The Morgan fingerprint density at radius 3 is 2.20 bits per heavy atom. The minimum Gasteiger partial charge on any atom is -0.378 e. The van der Waals surface area contributed by atoms with Crippen molar-refractivity contribution in [3.8, 4) is 0 Å². The Balaban J connectivity index is 1.56. The quantitative estimate of drug-likeness (QED) is 0.477. The summed E-state index contributed by atoms with van der Waals surface area (Å²) in [5.41, 5.74) is 10.1. The van der Waals surface area contributed by atoms with E-state index in [1.54, 1.807) is 0 Å². The van der Waals surface area contributed by atoms with Crippen molar-refractivity contribution >= 4 is 11.3 Å². The average molecular weight is 392 g/mol. The van der Waals surface area contributed by atoms with Gasteiger partial charge in [0.05, 0.1) is 0 Å². The molecule has 0 saturated carbocycles. The molecule has 0 aliphatic heterocycles. The van der Waals surface area contributed by atoms with Crippen LogP contribution < -0.4 is 5.32 Å². The van der Waals surface area contributed by atoms with Gasteiger partial charge in [-0.05, 0) is 67.2 Å². The van der Waals surface area contributed by atoms with Crippen molar-refractivity contribution in [3.63, 3.8) is 0 Å². The van der Waals surface area contributed by atoms with E-state index in [1.807, 2.05) is 0 Å². The van der Waals surface area contributed by atoms with Crippen molar-refractivity contribution in [3.05, 3.63) is 130 Å². The second-order valence-corrected chi connectivity index (χ2v) is 8.16. The van der Waals surface area contributed by atoms with Crippen molar-refractivity contribution in [2.24, 2.45) is 0 Å². The standard InChI is InChI=1S/C29H29N/c1-21-9-14-26(15-10-21)28(25-7-5-4-6-8-25)20-24-12-16-27(17-13-24)30-29-18-11-22(2)19-23(29)3/h4-16,18-20,27,30H,17H2,1-3H3. The van der Waals surface area contributed by atoms with E-state index in [1.165, 1.54) is 44.7 Å². The molecule has 3 aromatic carbocycles. The molecule has 1 unspecified atom stereocenters. The zero-order valence-corrected chi connectivity index (χ0v) is 18.0. The van der Waals surface area contributed by atoms with Gasteiger partial charge in [0.2, 0.25) is 0 Å². The highest BCUT2D eigenvalue weighted by Crippen LogP contribution is 2.27. The fraction of sp³-hybridized carbons (Fsp3) is 0.172. The summed E-state index contributed by atoms with van der Waals surface area (Å²) in [5, 5.41) is 3.67. The van der Waals surface area contributed by atoms with Gasteiger partial charge in [0, 0.05) is 11.7 Å². The van der Waals surface area contributed by atoms with Crippen molar-refractivity contribution in [2.45, 2.75) is 33.2 Å². The Hall–Kier alpha value is -3.32. The zero-order valence-electron chi connectivity index (χ0n) is 18.0. The van der Waals surface area contributed by atoms with E-state index >= 15 is 0 Å². The van der Waals surface area contributed by atoms with Crippen LogP contribution in [0.2, 0.25) is 0 Å². The predicted octanol–water partition coefficient (Wildman–Crippen LogP) is 7.41. The van der Waals surface area contributed by atoms with E-state index < -0.39 is 0 Å². The Morgan fingerprint density at radius 2 is 1.53 bits per heavy atom. The molecular formula is C29H29N. The van der Waals surface area contributed by atoms with Crippen LogP contribution in [0.3, 0.4) is 0 Å². The van der Waals surface area contributed by atoms with Gasteiger partial charge >= 0.3 is 0 Å². The van der Waals surface area contributed by atoms with Crippen molar-refractivity contribution < 1.29 is 0 Å². The Kier molecular flexibility index (Phi) is 5.99. The van der Waals surface area contributed by atoms with Gasteiger partial charge in [-0.3, -0.25) is 0 Å². The van der Waals surface area contributed by atoms with E-state index in [2.05, 4.69) is 123 Å². The third kappa shape index (κ3) is 4.80. The summed E-state index contributed by atoms with van der Waals surface area (Å²) in [6.45, 7) is 6.43. The maximum atomic E-state index is 3.67. The molecule has 150 valence electrons. The number of hydrogen-bond acceptors (Lipinski definition) is 1. The summed E-state index contributed by atoms with van der Waals surface area (Å²) in [6, 6.07) is 26.3. The van der Waals surface area contributed by atoms with Crippen LogP contribution in [0.5, 0.6) is 0 Å². The molecule has 4 rings (SSSR count). The first-order valence-electron chi connectivity index (χ1n) is 10.6. The van der Waals surface area contributed by atoms with Crippen LogP contribution in [0, 0.1) is 20.8 Å². The van der Waals surface area contributed by atoms with E-state index in [-0.39, 0.29) is 0 Å². The van der Waals surface area contributed by atoms with Crippen molar-refractivity contribution in [1.82, 2.24) is 0 Å². The highest BCUT2D eigenvalue weighted by Gasteiger charge is 2.11. The third-order valence-corrected chi connectivity index (χ3v) is 5.61. The Labute approximate surface area is 180 Å². The lowest BCUT2D eigenvalue weighted by Gasteiger charge is -2.20. The van der Waals surface area contributed by atoms with Gasteiger partial charge in [-0.1, -0.05) is 96.1 Å². The van der Waals surface area contributed by atoms with Crippen LogP contribution in [0.1, 0.15) is 34.2 Å². The molecule has 0 aromatic heterocycles. The number of benzene rings is 3. The van der Waals surface area contributed by atoms with E-state index in [9.17, 15) is 0 Å². The molecule has 1 atom stereocenters. The third-order valence-electron chi connectivity index (χ3n) is 5.61. The molecule has 1 aliphatic rings. The summed E-state index contributed by atoms with van der Waals surface area (Å²) < 4.78 is 0. The molecule has 1 N–H and O–H groups in total. The second-order valence-electron chi connectivity index (χ2n) is 8.16. The molecule has 0 saturated heterocycles. The molecule has 0 fully saturated rings. The first-order valence-corrected chi connectivity index (χ1v) is 10.6. The van der Waals surface area contributed by atoms with Crippen LogP contribution in [-0.4, -0.2) is 6.04 Å². The normalized spacial score (nSPS) is 16.3. The average Bonchev–Trinajstić information content (AvgIpc) is 2.76. The molecular weight excluding hydrogens is 362 g/mol. The van der Waals surface area contributed by atoms with Gasteiger partial charge in [-0.15, -0.1) is 0 Å². The first kappa shape index (κ1) is 20.0. The Morgan fingerprint density at radius 1 is 0.833 bits per heavy atom. The number of hydrogen-bond donors (Lipinski definition) is 1. The maximum absolute atomic E-state index is 3.67. The fourth-order valence-corrected chi connectivity index (χ4v) is 3.88. The van der Waals surface area contributed by atoms with Crippen LogP contribution >= 0.6 is 0 Å². The summed E-state index contributed by atoms with van der Waals surface area (Å²) in [7, 11) is 0. The summed E-state index contributed by atoms with van der Waals surface area (Å²) in [6.07, 6.45) is 10.1. The molecule has 1 heteroatoms. The highest BCUT2D eigenvalue weighted by atomic mass is 14.9. The van der Waals surface area contributed by atoms with Crippen molar-refractivity contribution in [1.29, 1.82) is 0 Å². The molecule has 0 amide bonds. The van der Waals surface area contributed by atoms with Crippen LogP contribution in [-0.2, 0) is 0 Å². The molecule has 1 nitrogen and oxygen atoms in total. The number of aryl methyl sites for hydroxylation is 3. The number of anilines is 1. The first-order chi connectivity index (χ1) is 14.6. The van der Waals surface area contributed by atoms with Gasteiger partial charge in [-0.2, -0.15) is 0 Å². The van der Waals surface area contributed by atoms with E-state index in [0.717, 1.165) is 6.42 Å². The van der Waals surface area contributed by atoms with Gasteiger partial charge in [0.1, 0.15) is 0 Å². The van der Waals surface area contributed by atoms with Crippen LogP contribution in [0.4, 0.5) is 5.69 Å². The smallest absolute Gasteiger partial charge is 0.0482 e. The SMILES string of the molecule is Cc1ccc(C(=CC2=CCC(Nc3ccc(C)cc3C)C=C2)c2ccccc2)cc1.